The number of anilines is 1. The molecule has 0 aliphatic heterocycles. The fraction of sp³-hybridized carbons (Fsp3) is 0.357. The number of nitriles is 1. The lowest BCUT2D eigenvalue weighted by Crippen LogP contribution is -2.39. The molecule has 0 radical (unpaired) electrons. The predicted molar refractivity (Wildman–Crippen MR) is 79.2 cm³/mol. The van der Waals surface area contributed by atoms with E-state index in [2.05, 4.69) is 5.32 Å². The molecule has 0 aliphatic carbocycles. The van der Waals surface area contributed by atoms with Gasteiger partial charge in [-0.3, -0.25) is 4.79 Å². The van der Waals surface area contributed by atoms with Crippen molar-refractivity contribution in [2.75, 3.05) is 18.4 Å². The van der Waals surface area contributed by atoms with Gasteiger partial charge >= 0.3 is 12.0 Å². The summed E-state index contributed by atoms with van der Waals surface area (Å²) in [6, 6.07) is 6.04. The molecule has 7 heteroatoms. The molecule has 0 aromatic heterocycles. The average Bonchev–Trinajstić information content (AvgIpc) is 2.46. The standard InChI is InChI=1S/C14H16ClN3O3/c1-3-18(8-9(2)13(19)20)14(21)17-12-5-4-10(7-16)6-11(12)15/h4-6,9H,3,8H2,1-2H3,(H,17,21)(H,19,20). The van der Waals surface area contributed by atoms with E-state index in [-0.39, 0.29) is 11.6 Å². The molecule has 1 aromatic rings. The molecule has 2 N–H and O–H groups in total. The SMILES string of the molecule is CCN(CC(C)C(=O)O)C(=O)Nc1ccc(C#N)cc1Cl. The number of carboxylic acid groups (broad SMARTS) is 1. The maximum atomic E-state index is 12.1. The van der Waals surface area contributed by atoms with E-state index < -0.39 is 17.9 Å². The number of benzene rings is 1. The van der Waals surface area contributed by atoms with Gasteiger partial charge in [-0.05, 0) is 25.1 Å². The van der Waals surface area contributed by atoms with Gasteiger partial charge in [-0.15, -0.1) is 0 Å². The smallest absolute Gasteiger partial charge is 0.321 e. The minimum absolute atomic E-state index is 0.103. The van der Waals surface area contributed by atoms with Gasteiger partial charge in [0.2, 0.25) is 0 Å². The van der Waals surface area contributed by atoms with Crippen LogP contribution in [0.25, 0.3) is 0 Å². The number of hydrogen-bond donors (Lipinski definition) is 2. The zero-order valence-corrected chi connectivity index (χ0v) is 12.5. The number of nitrogens with zero attached hydrogens (tertiary/aromatic N) is 2. The Balaban J connectivity index is 2.79. The van der Waals surface area contributed by atoms with Crippen LogP contribution in [0.2, 0.25) is 5.02 Å². The van der Waals surface area contributed by atoms with Crippen molar-refractivity contribution in [2.45, 2.75) is 13.8 Å². The highest BCUT2D eigenvalue weighted by molar-refractivity contribution is 6.33. The molecule has 1 unspecified atom stereocenters. The summed E-state index contributed by atoms with van der Waals surface area (Å²) in [5.74, 6) is -1.62. The third-order valence-electron chi connectivity index (χ3n) is 2.92. The Morgan fingerprint density at radius 2 is 2.19 bits per heavy atom. The van der Waals surface area contributed by atoms with Crippen LogP contribution in [0.5, 0.6) is 0 Å². The van der Waals surface area contributed by atoms with Crippen molar-refractivity contribution in [3.63, 3.8) is 0 Å². The Bertz CT molecular complexity index is 583. The zero-order chi connectivity index (χ0) is 16.0. The molecule has 6 nitrogen and oxygen atoms in total. The van der Waals surface area contributed by atoms with Gasteiger partial charge in [-0.1, -0.05) is 18.5 Å². The number of nitrogens with one attached hydrogen (secondary N) is 1. The van der Waals surface area contributed by atoms with Gasteiger partial charge in [0.05, 0.1) is 28.3 Å². The molecular formula is C14H16ClN3O3. The summed E-state index contributed by atoms with van der Waals surface area (Å²) < 4.78 is 0. The van der Waals surface area contributed by atoms with E-state index in [1.54, 1.807) is 6.92 Å². The summed E-state index contributed by atoms with van der Waals surface area (Å²) in [7, 11) is 0. The molecule has 1 aromatic carbocycles. The number of halogens is 1. The van der Waals surface area contributed by atoms with Gasteiger partial charge in [0.25, 0.3) is 0 Å². The van der Waals surface area contributed by atoms with Crippen molar-refractivity contribution in [2.24, 2.45) is 5.92 Å². The van der Waals surface area contributed by atoms with Gasteiger partial charge in [0.1, 0.15) is 0 Å². The van der Waals surface area contributed by atoms with Crippen LogP contribution in [-0.4, -0.2) is 35.1 Å². The van der Waals surface area contributed by atoms with E-state index in [0.29, 0.717) is 17.8 Å². The van der Waals surface area contributed by atoms with E-state index >= 15 is 0 Å². The Labute approximate surface area is 127 Å². The van der Waals surface area contributed by atoms with Gasteiger partial charge in [0.15, 0.2) is 0 Å². The highest BCUT2D eigenvalue weighted by atomic mass is 35.5. The van der Waals surface area contributed by atoms with E-state index in [9.17, 15) is 9.59 Å². The summed E-state index contributed by atoms with van der Waals surface area (Å²) >= 11 is 5.98. The first-order chi connectivity index (χ1) is 9.88. The maximum Gasteiger partial charge on any atom is 0.321 e. The van der Waals surface area contributed by atoms with Crippen LogP contribution in [-0.2, 0) is 4.79 Å². The Hall–Kier alpha value is -2.26. The fourth-order valence-electron chi connectivity index (χ4n) is 1.64. The molecule has 0 heterocycles. The lowest BCUT2D eigenvalue weighted by molar-refractivity contribution is -0.141. The second-order valence-corrected chi connectivity index (χ2v) is 4.92. The van der Waals surface area contributed by atoms with Gasteiger partial charge in [-0.2, -0.15) is 5.26 Å². The quantitative estimate of drug-likeness (QED) is 0.874. The molecule has 0 spiro atoms. The third-order valence-corrected chi connectivity index (χ3v) is 3.24. The molecule has 0 bridgehead atoms. The number of rotatable bonds is 5. The summed E-state index contributed by atoms with van der Waals surface area (Å²) in [6.45, 7) is 3.77. The van der Waals surface area contributed by atoms with Crippen molar-refractivity contribution >= 4 is 29.3 Å². The molecule has 0 saturated carbocycles. The first kappa shape index (κ1) is 16.8. The van der Waals surface area contributed by atoms with E-state index in [1.165, 1.54) is 30.0 Å². The van der Waals surface area contributed by atoms with Crippen LogP contribution in [0.15, 0.2) is 18.2 Å². The van der Waals surface area contributed by atoms with Crippen LogP contribution in [0.3, 0.4) is 0 Å². The molecule has 0 fully saturated rings. The van der Waals surface area contributed by atoms with Crippen molar-refractivity contribution in [3.8, 4) is 6.07 Å². The van der Waals surface area contributed by atoms with Gasteiger partial charge < -0.3 is 15.3 Å². The summed E-state index contributed by atoms with van der Waals surface area (Å²) in [6.07, 6.45) is 0. The highest BCUT2D eigenvalue weighted by Gasteiger charge is 2.19. The minimum atomic E-state index is -0.961. The number of aliphatic carboxylic acids is 1. The predicted octanol–water partition coefficient (Wildman–Crippen LogP) is 2.79. The largest absolute Gasteiger partial charge is 0.481 e. The van der Waals surface area contributed by atoms with Crippen LogP contribution >= 0.6 is 11.6 Å². The van der Waals surface area contributed by atoms with Crippen LogP contribution < -0.4 is 5.32 Å². The molecule has 112 valence electrons. The fourth-order valence-corrected chi connectivity index (χ4v) is 1.87. The first-order valence-electron chi connectivity index (χ1n) is 6.37. The van der Waals surface area contributed by atoms with Gasteiger partial charge in [0, 0.05) is 13.1 Å². The summed E-state index contributed by atoms with van der Waals surface area (Å²) in [5.41, 5.74) is 0.770. The van der Waals surface area contributed by atoms with E-state index in [4.69, 9.17) is 22.0 Å². The summed E-state index contributed by atoms with van der Waals surface area (Å²) in [4.78, 5) is 24.3. The van der Waals surface area contributed by atoms with E-state index in [1.807, 2.05) is 6.07 Å². The Morgan fingerprint density at radius 1 is 1.52 bits per heavy atom. The zero-order valence-electron chi connectivity index (χ0n) is 11.8. The number of carbonyl (C=O) groups excluding carboxylic acids is 1. The number of carboxylic acids is 1. The highest BCUT2D eigenvalue weighted by Crippen LogP contribution is 2.23. The molecule has 2 amide bonds. The molecule has 21 heavy (non-hydrogen) atoms. The number of urea groups is 1. The second-order valence-electron chi connectivity index (χ2n) is 4.51. The third kappa shape index (κ3) is 4.65. The lowest BCUT2D eigenvalue weighted by Gasteiger charge is -2.23. The van der Waals surface area contributed by atoms with Crippen LogP contribution in [0.4, 0.5) is 10.5 Å². The van der Waals surface area contributed by atoms with Crippen molar-refractivity contribution in [1.82, 2.24) is 4.90 Å². The second kappa shape index (κ2) is 7.50. The van der Waals surface area contributed by atoms with Crippen molar-refractivity contribution in [3.05, 3.63) is 28.8 Å². The van der Waals surface area contributed by atoms with E-state index in [0.717, 1.165) is 0 Å². The van der Waals surface area contributed by atoms with Gasteiger partial charge in [-0.25, -0.2) is 4.79 Å². The number of amides is 2. The normalized spacial score (nSPS) is 11.3. The van der Waals surface area contributed by atoms with Crippen molar-refractivity contribution < 1.29 is 14.7 Å². The molecular weight excluding hydrogens is 294 g/mol. The topological polar surface area (TPSA) is 93.4 Å². The molecule has 1 rings (SSSR count). The number of hydrogen-bond acceptors (Lipinski definition) is 3. The van der Waals surface area contributed by atoms with Crippen LogP contribution in [0, 0.1) is 17.2 Å². The lowest BCUT2D eigenvalue weighted by atomic mass is 10.2. The number of carbonyl (C=O) groups is 2. The summed E-state index contributed by atoms with van der Waals surface area (Å²) in [5, 5.41) is 20.5. The average molecular weight is 310 g/mol. The minimum Gasteiger partial charge on any atom is -0.481 e. The molecule has 0 saturated heterocycles. The van der Waals surface area contributed by atoms with Crippen LogP contribution in [0.1, 0.15) is 19.4 Å². The molecule has 1 atom stereocenters. The monoisotopic (exact) mass is 309 g/mol. The van der Waals surface area contributed by atoms with Crippen molar-refractivity contribution in [1.29, 1.82) is 5.26 Å². The first-order valence-corrected chi connectivity index (χ1v) is 6.75. The molecule has 0 aliphatic rings. The Morgan fingerprint density at radius 3 is 2.67 bits per heavy atom. The Kier molecular flexibility index (Phi) is 6.00. The maximum absolute atomic E-state index is 12.1.